The molecule has 3 aliphatic heterocycles. The highest BCUT2D eigenvalue weighted by Gasteiger charge is 2.81. The number of hydrogen-bond acceptors (Lipinski definition) is 9. The fraction of sp³-hybridized carbons (Fsp3) is 0.568. The quantitative estimate of drug-likeness (QED) is 0.123. The van der Waals surface area contributed by atoms with E-state index in [1.54, 1.807) is 19.1 Å². The van der Waals surface area contributed by atoms with Crippen LogP contribution in [0.15, 0.2) is 52.7 Å². The number of Topliss-reactive ketones (excluding diaryl/α,β-unsaturated/α-hetero) is 2. The fourth-order valence-electron chi connectivity index (χ4n) is 9.09. The van der Waals surface area contributed by atoms with E-state index in [9.17, 15) is 19.5 Å². The summed E-state index contributed by atoms with van der Waals surface area (Å²) in [5.74, 6) is -1.45. The number of phenols is 1. The summed E-state index contributed by atoms with van der Waals surface area (Å²) < 4.78 is 26.6. The van der Waals surface area contributed by atoms with Crippen molar-refractivity contribution in [2.45, 2.75) is 124 Å². The van der Waals surface area contributed by atoms with Crippen LogP contribution in [0.1, 0.15) is 116 Å². The van der Waals surface area contributed by atoms with Crippen molar-refractivity contribution in [2.24, 2.45) is 11.8 Å². The number of nitrogens with zero attached hydrogens (tertiary/aromatic N) is 1. The number of ether oxygens (including phenoxy) is 4. The lowest BCUT2D eigenvalue weighted by Gasteiger charge is -2.56. The molecule has 2 fully saturated rings. The van der Waals surface area contributed by atoms with Crippen molar-refractivity contribution < 1.29 is 38.4 Å². The Balaban J connectivity index is 1.47. The van der Waals surface area contributed by atoms with Crippen LogP contribution in [0.4, 0.5) is 0 Å². The molecule has 0 amide bonds. The van der Waals surface area contributed by atoms with E-state index in [0.29, 0.717) is 53.8 Å². The van der Waals surface area contributed by atoms with Crippen LogP contribution in [0.2, 0.25) is 0 Å². The van der Waals surface area contributed by atoms with Gasteiger partial charge in [-0.1, -0.05) is 49.3 Å². The molecule has 5 atom stereocenters. The fourth-order valence-corrected chi connectivity index (χ4v) is 9.09. The van der Waals surface area contributed by atoms with Crippen molar-refractivity contribution in [3.05, 3.63) is 69.4 Å². The number of phenolic OH excluding ortho intramolecular Hbond substituents is 1. The Hall–Kier alpha value is -3.95. The highest BCUT2D eigenvalue weighted by Crippen LogP contribution is 2.68. The number of rotatable bonds is 13. The number of likely N-dealkylation sites (N-methyl/N-ethyl adjacent to an activating group) is 1. The molecule has 0 aromatic heterocycles. The van der Waals surface area contributed by atoms with Crippen LogP contribution in [0, 0.1) is 11.8 Å². The van der Waals surface area contributed by atoms with Gasteiger partial charge in [0.2, 0.25) is 0 Å². The Bertz CT molecular complexity index is 1870. The van der Waals surface area contributed by atoms with Gasteiger partial charge in [0.1, 0.15) is 35.0 Å². The molecule has 6 aliphatic rings. The first-order valence-electron chi connectivity index (χ1n) is 19.3. The summed E-state index contributed by atoms with van der Waals surface area (Å²) in [5, 5.41) is 11.9. The van der Waals surface area contributed by atoms with Crippen molar-refractivity contribution in [3.8, 4) is 17.2 Å². The number of carbonyl (C=O) groups excluding carboxylic acids is 3. The summed E-state index contributed by atoms with van der Waals surface area (Å²) in [5.41, 5.74) is -0.471. The third kappa shape index (κ3) is 6.31. The SMILES string of the molecule is CCN(CC)CCOC(=O)/C(C)=C\CC12OC(C)(C)C3CC(C=C4C(=O)c5c(O)c6c(c(CC=C(C)C)c5OC431)OC(C)(CCC=C(C)C)C=C6)C2=O. The molecule has 3 heterocycles. The Labute approximate surface area is 314 Å². The lowest BCUT2D eigenvalue weighted by molar-refractivity contribution is -0.171. The maximum atomic E-state index is 15.0. The zero-order chi connectivity index (χ0) is 38.7. The number of hydrogen-bond donors (Lipinski definition) is 1. The normalized spacial score (nSPS) is 28.7. The lowest BCUT2D eigenvalue weighted by Crippen LogP contribution is -2.72. The average Bonchev–Trinajstić information content (AvgIpc) is 3.25. The minimum Gasteiger partial charge on any atom is -0.506 e. The van der Waals surface area contributed by atoms with E-state index in [-0.39, 0.29) is 47.6 Å². The molecular formula is C44H57NO8. The molecule has 0 radical (unpaired) electrons. The second-order valence-electron chi connectivity index (χ2n) is 16.6. The van der Waals surface area contributed by atoms with Gasteiger partial charge >= 0.3 is 5.97 Å². The first-order chi connectivity index (χ1) is 24.9. The average molecular weight is 728 g/mol. The maximum Gasteiger partial charge on any atom is 0.333 e. The summed E-state index contributed by atoms with van der Waals surface area (Å²) in [4.78, 5) is 44.9. The summed E-state index contributed by atoms with van der Waals surface area (Å²) >= 11 is 0. The van der Waals surface area contributed by atoms with E-state index in [1.807, 2.05) is 46.8 Å². The van der Waals surface area contributed by atoms with Gasteiger partial charge in [0.25, 0.3) is 0 Å². The molecule has 1 spiro atoms. The predicted octanol–water partition coefficient (Wildman–Crippen LogP) is 8.04. The number of aromatic hydroxyl groups is 1. The van der Waals surface area contributed by atoms with Crippen molar-refractivity contribution in [2.75, 3.05) is 26.2 Å². The summed E-state index contributed by atoms with van der Waals surface area (Å²) in [7, 11) is 0. The highest BCUT2D eigenvalue weighted by atomic mass is 16.6. The Morgan fingerprint density at radius 2 is 1.70 bits per heavy atom. The molecule has 286 valence electrons. The molecular weight excluding hydrogens is 670 g/mol. The molecule has 4 bridgehead atoms. The minimum absolute atomic E-state index is 0.0150. The van der Waals surface area contributed by atoms with Gasteiger partial charge in [-0.05, 0) is 106 Å². The molecule has 1 saturated carbocycles. The molecule has 5 unspecified atom stereocenters. The first-order valence-corrected chi connectivity index (χ1v) is 19.3. The van der Waals surface area contributed by atoms with Gasteiger partial charge < -0.3 is 29.0 Å². The Kier molecular flexibility index (Phi) is 10.3. The van der Waals surface area contributed by atoms with Crippen LogP contribution in [-0.4, -0.2) is 76.2 Å². The van der Waals surface area contributed by atoms with Gasteiger partial charge in [-0.2, -0.15) is 0 Å². The molecule has 9 heteroatoms. The van der Waals surface area contributed by atoms with Crippen molar-refractivity contribution in [1.82, 2.24) is 4.90 Å². The molecule has 1 saturated heterocycles. The monoisotopic (exact) mass is 727 g/mol. The minimum atomic E-state index is -1.59. The third-order valence-corrected chi connectivity index (χ3v) is 12.0. The van der Waals surface area contributed by atoms with Crippen LogP contribution < -0.4 is 9.47 Å². The van der Waals surface area contributed by atoms with Crippen LogP contribution in [0.3, 0.4) is 0 Å². The standard InChI is InChI=1S/C44H57NO8/c1-11-45(12-2)22-23-50-40(49)28(7)17-21-43-39(48)29-24-32-36(47)34-35(46)30-18-20-42(10,19-13-14-26(3)4)51-37(30)31(16-15-27(5)6)38(34)52-44(32,43)33(25-29)41(8,9)53-43/h14-15,17-18,20,24,29,33,46H,11-13,16,19,21-23,25H2,1-10H3/b28-17-. The number of carbonyl (C=O) groups is 3. The first kappa shape index (κ1) is 38.8. The topological polar surface area (TPSA) is 112 Å². The smallest absolute Gasteiger partial charge is 0.333 e. The number of esters is 1. The lowest BCUT2D eigenvalue weighted by atomic mass is 9.51. The second kappa shape index (κ2) is 14.0. The zero-order valence-electron chi connectivity index (χ0n) is 33.2. The molecule has 7 rings (SSSR count). The van der Waals surface area contributed by atoms with Gasteiger partial charge in [0.15, 0.2) is 22.8 Å². The molecule has 9 nitrogen and oxygen atoms in total. The molecule has 3 aliphatic carbocycles. The van der Waals surface area contributed by atoms with Gasteiger partial charge in [-0.15, -0.1) is 0 Å². The van der Waals surface area contributed by atoms with E-state index >= 15 is 0 Å². The van der Waals surface area contributed by atoms with Crippen LogP contribution in [-0.2, 0) is 25.5 Å². The Morgan fingerprint density at radius 1 is 1.00 bits per heavy atom. The van der Waals surface area contributed by atoms with Crippen LogP contribution in [0.5, 0.6) is 17.2 Å². The largest absolute Gasteiger partial charge is 0.506 e. The Morgan fingerprint density at radius 3 is 2.36 bits per heavy atom. The highest BCUT2D eigenvalue weighted by molar-refractivity contribution is 6.19. The molecule has 1 N–H and O–H groups in total. The van der Waals surface area contributed by atoms with E-state index in [0.717, 1.165) is 25.1 Å². The van der Waals surface area contributed by atoms with Gasteiger partial charge in [-0.3, -0.25) is 9.59 Å². The summed E-state index contributed by atoms with van der Waals surface area (Å²) in [6.45, 7) is 22.5. The molecule has 53 heavy (non-hydrogen) atoms. The predicted molar refractivity (Wildman–Crippen MR) is 205 cm³/mol. The number of allylic oxidation sites excluding steroid dienone is 5. The summed E-state index contributed by atoms with van der Waals surface area (Å²) in [6.07, 6.45) is 13.9. The second-order valence-corrected chi connectivity index (χ2v) is 16.6. The van der Waals surface area contributed by atoms with Gasteiger partial charge in [-0.25, -0.2) is 4.79 Å². The molecule has 1 aromatic carbocycles. The number of fused-ring (bicyclic) bond motifs is 2. The number of benzene rings is 1. The molecule has 1 aromatic rings. The third-order valence-electron chi connectivity index (χ3n) is 12.0. The van der Waals surface area contributed by atoms with Crippen molar-refractivity contribution in [1.29, 1.82) is 0 Å². The number of ketones is 2. The maximum absolute atomic E-state index is 15.0. The summed E-state index contributed by atoms with van der Waals surface area (Å²) in [6, 6.07) is 0. The van der Waals surface area contributed by atoms with Crippen molar-refractivity contribution >= 4 is 23.6 Å². The van der Waals surface area contributed by atoms with Crippen molar-refractivity contribution in [3.63, 3.8) is 0 Å². The van der Waals surface area contributed by atoms with E-state index in [1.165, 1.54) is 5.57 Å². The zero-order valence-corrected chi connectivity index (χ0v) is 33.2. The van der Waals surface area contributed by atoms with Gasteiger partial charge in [0.05, 0.1) is 11.2 Å². The van der Waals surface area contributed by atoms with E-state index in [4.69, 9.17) is 18.9 Å². The van der Waals surface area contributed by atoms with Crippen LogP contribution in [0.25, 0.3) is 6.08 Å². The van der Waals surface area contributed by atoms with E-state index in [2.05, 4.69) is 44.7 Å². The van der Waals surface area contributed by atoms with Crippen LogP contribution >= 0.6 is 0 Å². The van der Waals surface area contributed by atoms with E-state index < -0.39 is 34.3 Å². The van der Waals surface area contributed by atoms with Gasteiger partial charge in [0, 0.05) is 41.5 Å².